The molecule has 0 bridgehead atoms. The minimum Gasteiger partial charge on any atom is -0.481 e. The molecular weight excluding hydrogens is 420 g/mol. The fourth-order valence-corrected chi connectivity index (χ4v) is 5.01. The predicted octanol–water partition coefficient (Wildman–Crippen LogP) is 4.16. The molecule has 2 N–H and O–H groups in total. The number of fused-ring (bicyclic) bond motifs is 3. The first-order chi connectivity index (χ1) is 15.7. The SMILES string of the molecule is CC(C)(CC(=O)N1CCC[C@H]1CC(=O)O)NC(=O)OCC1c2ccccc2-c2ccccc21. The smallest absolute Gasteiger partial charge is 0.407 e. The highest BCUT2D eigenvalue weighted by molar-refractivity contribution is 5.81. The quantitative estimate of drug-likeness (QED) is 0.660. The van der Waals surface area contributed by atoms with E-state index in [1.54, 1.807) is 18.7 Å². The molecule has 0 radical (unpaired) electrons. The Morgan fingerprint density at radius 1 is 1.06 bits per heavy atom. The van der Waals surface area contributed by atoms with Gasteiger partial charge in [-0.05, 0) is 48.9 Å². The summed E-state index contributed by atoms with van der Waals surface area (Å²) in [4.78, 5) is 38.1. The Kier molecular flexibility index (Phi) is 6.40. The number of likely N-dealkylation sites (tertiary alicyclic amines) is 1. The van der Waals surface area contributed by atoms with E-state index >= 15 is 0 Å². The third kappa shape index (κ3) is 5.02. The number of amides is 2. The monoisotopic (exact) mass is 450 g/mol. The second kappa shape index (κ2) is 9.25. The van der Waals surface area contributed by atoms with Crippen molar-refractivity contribution in [2.24, 2.45) is 0 Å². The van der Waals surface area contributed by atoms with E-state index < -0.39 is 17.6 Å². The summed E-state index contributed by atoms with van der Waals surface area (Å²) in [5, 5.41) is 11.9. The maximum absolute atomic E-state index is 12.8. The normalized spacial score (nSPS) is 17.4. The number of carbonyl (C=O) groups is 3. The van der Waals surface area contributed by atoms with Crippen molar-refractivity contribution in [3.05, 3.63) is 59.7 Å². The number of hydrogen-bond acceptors (Lipinski definition) is 4. The average molecular weight is 451 g/mol. The molecule has 7 heteroatoms. The number of aliphatic carboxylic acids is 1. The second-order valence-corrected chi connectivity index (χ2v) is 9.49. The summed E-state index contributed by atoms with van der Waals surface area (Å²) in [6.07, 6.45) is 0.944. The Labute approximate surface area is 193 Å². The van der Waals surface area contributed by atoms with Crippen LogP contribution in [0.5, 0.6) is 0 Å². The third-order valence-corrected chi connectivity index (χ3v) is 6.49. The molecule has 0 saturated carbocycles. The van der Waals surface area contributed by atoms with E-state index in [1.165, 1.54) is 0 Å². The Morgan fingerprint density at radius 3 is 2.27 bits per heavy atom. The fourth-order valence-electron chi connectivity index (χ4n) is 5.01. The van der Waals surface area contributed by atoms with E-state index in [1.807, 2.05) is 24.3 Å². The maximum Gasteiger partial charge on any atom is 0.407 e. The average Bonchev–Trinajstić information content (AvgIpc) is 3.33. The van der Waals surface area contributed by atoms with Crippen LogP contribution in [0.15, 0.2) is 48.5 Å². The first-order valence-electron chi connectivity index (χ1n) is 11.4. The van der Waals surface area contributed by atoms with Gasteiger partial charge in [0.05, 0.1) is 6.42 Å². The number of ether oxygens (including phenoxy) is 1. The van der Waals surface area contributed by atoms with Crippen LogP contribution in [0.4, 0.5) is 4.79 Å². The summed E-state index contributed by atoms with van der Waals surface area (Å²) in [5.41, 5.74) is 3.78. The molecule has 1 aliphatic heterocycles. The van der Waals surface area contributed by atoms with Gasteiger partial charge in [-0.15, -0.1) is 0 Å². The Morgan fingerprint density at radius 2 is 1.67 bits per heavy atom. The Bertz CT molecular complexity index is 1020. The molecule has 2 amide bonds. The molecule has 1 aliphatic carbocycles. The number of hydrogen-bond donors (Lipinski definition) is 2. The molecule has 2 aromatic rings. The topological polar surface area (TPSA) is 95.9 Å². The summed E-state index contributed by atoms with van der Waals surface area (Å²) < 4.78 is 5.60. The molecule has 0 spiro atoms. The third-order valence-electron chi connectivity index (χ3n) is 6.49. The number of alkyl carbamates (subject to hydrolysis) is 1. The van der Waals surface area contributed by atoms with E-state index in [-0.39, 0.29) is 37.3 Å². The van der Waals surface area contributed by atoms with Crippen molar-refractivity contribution in [3.8, 4) is 11.1 Å². The van der Waals surface area contributed by atoms with Crippen LogP contribution in [0, 0.1) is 0 Å². The molecular formula is C26H30N2O5. The summed E-state index contributed by atoms with van der Waals surface area (Å²) in [5.74, 6) is -1.09. The standard InChI is InChI=1S/C26H30N2O5/c1-26(2,15-23(29)28-13-7-8-17(28)14-24(30)31)27-25(32)33-16-22-20-11-5-3-9-18(20)19-10-4-6-12-21(19)22/h3-6,9-12,17,22H,7-8,13-16H2,1-2H3,(H,27,32)(H,30,31)/t17-/m0/s1. The highest BCUT2D eigenvalue weighted by Crippen LogP contribution is 2.44. The number of rotatable bonds is 7. The van der Waals surface area contributed by atoms with Gasteiger partial charge in [-0.2, -0.15) is 0 Å². The van der Waals surface area contributed by atoms with Crippen molar-refractivity contribution in [2.45, 2.75) is 57.0 Å². The van der Waals surface area contributed by atoms with Crippen LogP contribution in [-0.2, 0) is 14.3 Å². The summed E-state index contributed by atoms with van der Waals surface area (Å²) in [6, 6.07) is 16.0. The number of benzene rings is 2. The van der Waals surface area contributed by atoms with Gasteiger partial charge in [0.25, 0.3) is 0 Å². The van der Waals surface area contributed by atoms with Crippen LogP contribution >= 0.6 is 0 Å². The molecule has 33 heavy (non-hydrogen) atoms. The lowest BCUT2D eigenvalue weighted by Gasteiger charge is -2.30. The number of carbonyl (C=O) groups excluding carboxylic acids is 2. The van der Waals surface area contributed by atoms with E-state index in [0.29, 0.717) is 13.0 Å². The molecule has 0 aromatic heterocycles. The van der Waals surface area contributed by atoms with Crippen LogP contribution < -0.4 is 5.32 Å². The van der Waals surface area contributed by atoms with Crippen molar-refractivity contribution in [3.63, 3.8) is 0 Å². The van der Waals surface area contributed by atoms with Gasteiger partial charge in [0.2, 0.25) is 5.91 Å². The van der Waals surface area contributed by atoms with E-state index in [4.69, 9.17) is 9.84 Å². The number of carboxylic acid groups (broad SMARTS) is 1. The number of nitrogens with one attached hydrogen (secondary N) is 1. The van der Waals surface area contributed by atoms with Crippen LogP contribution in [0.3, 0.4) is 0 Å². The van der Waals surface area contributed by atoms with Gasteiger partial charge in [-0.1, -0.05) is 48.5 Å². The molecule has 2 aliphatic rings. The van der Waals surface area contributed by atoms with E-state index in [0.717, 1.165) is 28.7 Å². The minimum absolute atomic E-state index is 0.0331. The van der Waals surface area contributed by atoms with Crippen molar-refractivity contribution in [1.82, 2.24) is 10.2 Å². The molecule has 1 fully saturated rings. The zero-order chi connectivity index (χ0) is 23.6. The zero-order valence-corrected chi connectivity index (χ0v) is 19.0. The van der Waals surface area contributed by atoms with Crippen LogP contribution in [0.1, 0.15) is 56.6 Å². The lowest BCUT2D eigenvalue weighted by atomic mass is 9.98. The first kappa shape index (κ1) is 22.8. The van der Waals surface area contributed by atoms with Crippen molar-refractivity contribution < 1.29 is 24.2 Å². The summed E-state index contributed by atoms with van der Waals surface area (Å²) in [6.45, 7) is 4.30. The molecule has 4 rings (SSSR count). The minimum atomic E-state index is -0.907. The van der Waals surface area contributed by atoms with Gasteiger partial charge < -0.3 is 20.1 Å². The molecule has 174 valence electrons. The number of nitrogens with zero attached hydrogens (tertiary/aromatic N) is 1. The van der Waals surface area contributed by atoms with E-state index in [2.05, 4.69) is 29.6 Å². The van der Waals surface area contributed by atoms with Crippen LogP contribution in [-0.4, -0.2) is 52.7 Å². The van der Waals surface area contributed by atoms with Gasteiger partial charge in [0, 0.05) is 30.5 Å². The van der Waals surface area contributed by atoms with Gasteiger partial charge in [-0.3, -0.25) is 9.59 Å². The predicted molar refractivity (Wildman–Crippen MR) is 124 cm³/mol. The maximum atomic E-state index is 12.8. The molecule has 1 heterocycles. The first-order valence-corrected chi connectivity index (χ1v) is 11.4. The highest BCUT2D eigenvalue weighted by Gasteiger charge is 2.35. The molecule has 1 atom stereocenters. The van der Waals surface area contributed by atoms with E-state index in [9.17, 15) is 14.4 Å². The number of carboxylic acids is 1. The molecule has 0 unspecified atom stereocenters. The van der Waals surface area contributed by atoms with Crippen LogP contribution in [0.2, 0.25) is 0 Å². The molecule has 1 saturated heterocycles. The second-order valence-electron chi connectivity index (χ2n) is 9.49. The van der Waals surface area contributed by atoms with Crippen molar-refractivity contribution >= 4 is 18.0 Å². The van der Waals surface area contributed by atoms with Crippen LogP contribution in [0.25, 0.3) is 11.1 Å². The fraction of sp³-hybridized carbons (Fsp3) is 0.423. The Hall–Kier alpha value is -3.35. The lowest BCUT2D eigenvalue weighted by molar-refractivity contribution is -0.140. The largest absolute Gasteiger partial charge is 0.481 e. The van der Waals surface area contributed by atoms with Crippen molar-refractivity contribution in [1.29, 1.82) is 0 Å². The van der Waals surface area contributed by atoms with Gasteiger partial charge in [-0.25, -0.2) is 4.79 Å². The van der Waals surface area contributed by atoms with Gasteiger partial charge >= 0.3 is 12.1 Å². The van der Waals surface area contributed by atoms with Gasteiger partial charge in [0.1, 0.15) is 6.61 Å². The Balaban J connectivity index is 1.35. The highest BCUT2D eigenvalue weighted by atomic mass is 16.5. The van der Waals surface area contributed by atoms with Crippen molar-refractivity contribution in [2.75, 3.05) is 13.2 Å². The lowest BCUT2D eigenvalue weighted by Crippen LogP contribution is -2.48. The molecule has 2 aromatic carbocycles. The summed E-state index contributed by atoms with van der Waals surface area (Å²) in [7, 11) is 0. The summed E-state index contributed by atoms with van der Waals surface area (Å²) >= 11 is 0. The molecule has 7 nitrogen and oxygen atoms in total. The van der Waals surface area contributed by atoms with Gasteiger partial charge in [0.15, 0.2) is 0 Å². The zero-order valence-electron chi connectivity index (χ0n) is 19.0.